The molecule has 0 bridgehead atoms. The molecule has 0 spiro atoms. The van der Waals surface area contributed by atoms with Crippen LogP contribution in [0.4, 0.5) is 0 Å². The van der Waals surface area contributed by atoms with Crippen LogP contribution < -0.4 is 0 Å². The van der Waals surface area contributed by atoms with Crippen LogP contribution in [0.25, 0.3) is 0 Å². The smallest absolute Gasteiger partial charge is 0.308 e. The van der Waals surface area contributed by atoms with Gasteiger partial charge in [0.15, 0.2) is 0 Å². The molecule has 0 aromatic heterocycles. The third kappa shape index (κ3) is 4.72. The van der Waals surface area contributed by atoms with Crippen LogP contribution >= 0.6 is 7.60 Å². The van der Waals surface area contributed by atoms with Crippen LogP contribution in [0.1, 0.15) is 13.8 Å². The van der Waals surface area contributed by atoms with Gasteiger partial charge in [-0.25, -0.2) is 0 Å². The highest BCUT2D eigenvalue weighted by molar-refractivity contribution is 7.92. The summed E-state index contributed by atoms with van der Waals surface area (Å²) in [7, 11) is -4.61. The summed E-state index contributed by atoms with van der Waals surface area (Å²) < 4.78 is 34.4. The van der Waals surface area contributed by atoms with E-state index in [1.165, 1.54) is 0 Å². The number of hydrogen-bond donors (Lipinski definition) is 0. The largest absolute Gasteiger partial charge is 0.343 e. The molecule has 0 heterocycles. The van der Waals surface area contributed by atoms with Gasteiger partial charge in [0, 0.05) is 4.90 Å². The van der Waals surface area contributed by atoms with Gasteiger partial charge in [0.2, 0.25) is 0 Å². The molecule has 0 saturated heterocycles. The topological polar surface area (TPSA) is 52.6 Å². The molecule has 17 heavy (non-hydrogen) atoms. The lowest BCUT2D eigenvalue weighted by atomic mass is 10.4. The van der Waals surface area contributed by atoms with Crippen LogP contribution in [0.15, 0.2) is 35.2 Å². The van der Waals surface area contributed by atoms with Gasteiger partial charge in [-0.15, -0.1) is 0 Å². The Kier molecular flexibility index (Phi) is 6.06. The molecule has 0 N–H and O–H groups in total. The molecule has 1 rings (SSSR count). The van der Waals surface area contributed by atoms with Crippen LogP contribution in [-0.2, 0) is 24.4 Å². The fourth-order valence-electron chi connectivity index (χ4n) is 1.30. The maximum absolute atomic E-state index is 12.2. The molecule has 0 amide bonds. The van der Waals surface area contributed by atoms with Crippen LogP contribution in [0.2, 0.25) is 0 Å². The van der Waals surface area contributed by atoms with Crippen molar-refractivity contribution in [1.82, 2.24) is 0 Å². The Balaban J connectivity index is 2.74. The summed E-state index contributed by atoms with van der Waals surface area (Å²) in [4.78, 5) is 0.632. The van der Waals surface area contributed by atoms with Crippen LogP contribution in [-0.4, -0.2) is 22.9 Å². The Hall–Kier alpha value is -0.480. The molecule has 6 heteroatoms. The minimum atomic E-state index is -3.24. The van der Waals surface area contributed by atoms with Gasteiger partial charge in [-0.3, -0.25) is 8.77 Å². The van der Waals surface area contributed by atoms with Gasteiger partial charge in [-0.2, -0.15) is 0 Å². The first-order chi connectivity index (χ1) is 8.11. The predicted molar refractivity (Wildman–Crippen MR) is 68.6 cm³/mol. The van der Waals surface area contributed by atoms with Crippen molar-refractivity contribution < 1.29 is 17.8 Å². The quantitative estimate of drug-likeness (QED) is 0.568. The molecule has 1 aromatic rings. The Labute approximate surface area is 104 Å². The first kappa shape index (κ1) is 14.6. The van der Waals surface area contributed by atoms with Crippen LogP contribution in [0.3, 0.4) is 0 Å². The highest BCUT2D eigenvalue weighted by Crippen LogP contribution is 2.49. The molecule has 0 fully saturated rings. The summed E-state index contributed by atoms with van der Waals surface area (Å²) in [5.41, 5.74) is -0.0985. The molecule has 4 nitrogen and oxygen atoms in total. The molecule has 0 aliphatic heterocycles. The lowest BCUT2D eigenvalue weighted by Gasteiger charge is -2.16. The summed E-state index contributed by atoms with van der Waals surface area (Å²) in [6.45, 7) is 4.03. The second-order valence-corrected chi connectivity index (χ2v) is 7.17. The van der Waals surface area contributed by atoms with E-state index in [-0.39, 0.29) is 18.7 Å². The Morgan fingerprint density at radius 1 is 1.12 bits per heavy atom. The number of benzene rings is 1. The van der Waals surface area contributed by atoms with Gasteiger partial charge >= 0.3 is 7.60 Å². The van der Waals surface area contributed by atoms with Crippen molar-refractivity contribution in [2.75, 3.05) is 18.7 Å². The maximum Gasteiger partial charge on any atom is 0.343 e. The average molecular weight is 277 g/mol. The molecular formula is C11H17O4PS. The van der Waals surface area contributed by atoms with Crippen LogP contribution in [0.5, 0.6) is 0 Å². The molecule has 1 unspecified atom stereocenters. The van der Waals surface area contributed by atoms with E-state index >= 15 is 0 Å². The van der Waals surface area contributed by atoms with E-state index in [0.29, 0.717) is 4.90 Å². The maximum atomic E-state index is 12.2. The third-order valence-electron chi connectivity index (χ3n) is 1.93. The van der Waals surface area contributed by atoms with Crippen molar-refractivity contribution in [3.63, 3.8) is 0 Å². The zero-order valence-corrected chi connectivity index (χ0v) is 11.7. The Morgan fingerprint density at radius 2 is 1.65 bits per heavy atom. The minimum Gasteiger partial charge on any atom is -0.308 e. The zero-order chi connectivity index (χ0) is 12.7. The molecule has 0 aliphatic rings. The fraction of sp³-hybridized carbons (Fsp3) is 0.455. The molecule has 0 aliphatic carbocycles. The van der Waals surface area contributed by atoms with Gasteiger partial charge in [-0.05, 0) is 26.0 Å². The van der Waals surface area contributed by atoms with E-state index in [9.17, 15) is 8.77 Å². The van der Waals surface area contributed by atoms with Gasteiger partial charge in [0.05, 0.1) is 24.0 Å². The average Bonchev–Trinajstić information content (AvgIpc) is 2.30. The standard InChI is InChI=1S/C11H17O4PS/c1-3-14-16(12,15-4-2)10-17(13)11-8-6-5-7-9-11/h5-9H,3-4,10H2,1-2H3/i10+1. The molecule has 1 aromatic carbocycles. The van der Waals surface area contributed by atoms with Crippen molar-refractivity contribution in [2.45, 2.75) is 18.7 Å². The second kappa shape index (κ2) is 7.07. The highest BCUT2D eigenvalue weighted by atomic mass is 32.2. The van der Waals surface area contributed by atoms with E-state index in [2.05, 4.69) is 0 Å². The summed E-state index contributed by atoms with van der Waals surface area (Å²) in [5, 5.41) is 0. The van der Waals surface area contributed by atoms with Gasteiger partial charge < -0.3 is 9.05 Å². The number of hydrogen-bond acceptors (Lipinski definition) is 4. The molecule has 0 radical (unpaired) electrons. The Bertz CT molecular complexity index is 397. The second-order valence-electron chi connectivity index (χ2n) is 3.23. The van der Waals surface area contributed by atoms with Crippen molar-refractivity contribution in [3.05, 3.63) is 30.3 Å². The van der Waals surface area contributed by atoms with Crippen molar-refractivity contribution in [3.8, 4) is 0 Å². The summed E-state index contributed by atoms with van der Waals surface area (Å²) in [6, 6.07) is 8.89. The van der Waals surface area contributed by atoms with Gasteiger partial charge in [-0.1, -0.05) is 18.2 Å². The van der Waals surface area contributed by atoms with E-state index in [4.69, 9.17) is 9.05 Å². The predicted octanol–water partition coefficient (Wildman–Crippen LogP) is 3.02. The lowest BCUT2D eigenvalue weighted by Crippen LogP contribution is -2.05. The summed E-state index contributed by atoms with van der Waals surface area (Å²) in [6.07, 6.45) is 0. The van der Waals surface area contributed by atoms with E-state index in [1.54, 1.807) is 38.1 Å². The molecule has 1 atom stereocenters. The highest BCUT2D eigenvalue weighted by Gasteiger charge is 2.27. The van der Waals surface area contributed by atoms with Gasteiger partial charge in [0.1, 0.15) is 5.49 Å². The van der Waals surface area contributed by atoms with E-state index < -0.39 is 18.4 Å². The van der Waals surface area contributed by atoms with Crippen LogP contribution in [0, 0.1) is 0 Å². The zero-order valence-electron chi connectivity index (χ0n) is 10.00. The fourth-order valence-corrected chi connectivity index (χ4v) is 4.96. The monoisotopic (exact) mass is 277 g/mol. The first-order valence-electron chi connectivity index (χ1n) is 5.43. The van der Waals surface area contributed by atoms with Crippen molar-refractivity contribution >= 4 is 18.4 Å². The minimum absolute atomic E-state index is 0.0985. The molecule has 96 valence electrons. The summed E-state index contributed by atoms with van der Waals surface area (Å²) >= 11 is 0. The molecule has 0 saturated carbocycles. The first-order valence-corrected chi connectivity index (χ1v) is 8.47. The Morgan fingerprint density at radius 3 is 2.12 bits per heavy atom. The SMILES string of the molecule is CCOP(=O)([13CH2]S(=O)c1ccccc1)OCC. The van der Waals surface area contributed by atoms with Crippen molar-refractivity contribution in [1.29, 1.82) is 0 Å². The lowest BCUT2D eigenvalue weighted by molar-refractivity contribution is 0.224. The normalized spacial score (nSPS) is 13.5. The van der Waals surface area contributed by atoms with Gasteiger partial charge in [0.25, 0.3) is 0 Å². The third-order valence-corrected chi connectivity index (χ3v) is 6.24. The van der Waals surface area contributed by atoms with E-state index in [0.717, 1.165) is 0 Å². The van der Waals surface area contributed by atoms with Crippen molar-refractivity contribution in [2.24, 2.45) is 0 Å². The van der Waals surface area contributed by atoms with E-state index in [1.807, 2.05) is 6.07 Å². The molecular weight excluding hydrogens is 260 g/mol. The summed E-state index contributed by atoms with van der Waals surface area (Å²) in [5.74, 6) is 0. The number of rotatable bonds is 7.